The monoisotopic (exact) mass is 263 g/mol. The second-order valence-corrected chi connectivity index (χ2v) is 5.34. The summed E-state index contributed by atoms with van der Waals surface area (Å²) in [7, 11) is 1.69. The predicted molar refractivity (Wildman–Crippen MR) is 74.1 cm³/mol. The van der Waals surface area contributed by atoms with Gasteiger partial charge in [0.1, 0.15) is 10.8 Å². The highest BCUT2D eigenvalue weighted by Gasteiger charge is 2.11. The third-order valence-electron chi connectivity index (χ3n) is 2.91. The number of thiazole rings is 1. The highest BCUT2D eigenvalue weighted by Crippen LogP contribution is 2.31. The molecule has 1 N–H and O–H groups in total. The summed E-state index contributed by atoms with van der Waals surface area (Å²) in [6.45, 7) is 4.14. The summed E-state index contributed by atoms with van der Waals surface area (Å²) in [6.07, 6.45) is 0.924. The van der Waals surface area contributed by atoms with Crippen molar-refractivity contribution in [2.75, 3.05) is 7.11 Å². The summed E-state index contributed by atoms with van der Waals surface area (Å²) in [5.74, 6) is 0.913. The van der Waals surface area contributed by atoms with Gasteiger partial charge in [-0.2, -0.15) is 0 Å². The number of methoxy groups -OCH3 is 1. The predicted octanol–water partition coefficient (Wildman–Crippen LogP) is 3.18. The molecule has 1 aromatic heterocycles. The van der Waals surface area contributed by atoms with Gasteiger partial charge in [-0.3, -0.25) is 0 Å². The van der Waals surface area contributed by atoms with Gasteiger partial charge in [0, 0.05) is 10.4 Å². The van der Waals surface area contributed by atoms with E-state index in [1.807, 2.05) is 19.1 Å². The molecule has 0 atom stereocenters. The first-order valence-corrected chi connectivity index (χ1v) is 6.75. The summed E-state index contributed by atoms with van der Waals surface area (Å²) in [5, 5.41) is 9.89. The van der Waals surface area contributed by atoms with E-state index in [0.29, 0.717) is 0 Å². The fourth-order valence-corrected chi connectivity index (χ4v) is 2.80. The first-order chi connectivity index (χ1) is 8.69. The molecule has 0 saturated carbocycles. The largest absolute Gasteiger partial charge is 0.496 e. The highest BCUT2D eigenvalue weighted by molar-refractivity contribution is 7.12. The SMILES string of the molecule is CCc1cc(-c2nc(CO)sc2C)ccc1OC. The van der Waals surface area contributed by atoms with E-state index in [4.69, 9.17) is 9.84 Å². The summed E-state index contributed by atoms with van der Waals surface area (Å²) >= 11 is 1.54. The first kappa shape index (κ1) is 13.1. The van der Waals surface area contributed by atoms with Crippen molar-refractivity contribution in [3.05, 3.63) is 33.6 Å². The summed E-state index contributed by atoms with van der Waals surface area (Å²) < 4.78 is 5.33. The third kappa shape index (κ3) is 2.40. The summed E-state index contributed by atoms with van der Waals surface area (Å²) in [4.78, 5) is 5.59. The van der Waals surface area contributed by atoms with Gasteiger partial charge in [0.05, 0.1) is 19.4 Å². The van der Waals surface area contributed by atoms with Crippen molar-refractivity contribution >= 4 is 11.3 Å². The van der Waals surface area contributed by atoms with Crippen LogP contribution in [0.3, 0.4) is 0 Å². The van der Waals surface area contributed by atoms with Crippen molar-refractivity contribution in [3.8, 4) is 17.0 Å². The van der Waals surface area contributed by atoms with Crippen LogP contribution in [0.5, 0.6) is 5.75 Å². The zero-order chi connectivity index (χ0) is 13.1. The van der Waals surface area contributed by atoms with Gasteiger partial charge in [-0.1, -0.05) is 6.92 Å². The van der Waals surface area contributed by atoms with Crippen molar-refractivity contribution in [1.82, 2.24) is 4.98 Å². The second kappa shape index (κ2) is 5.50. The lowest BCUT2D eigenvalue weighted by atomic mass is 10.0. The molecule has 0 aliphatic carbocycles. The lowest BCUT2D eigenvalue weighted by Gasteiger charge is -2.08. The number of aliphatic hydroxyl groups is 1. The van der Waals surface area contributed by atoms with Crippen LogP contribution in [0.15, 0.2) is 18.2 Å². The van der Waals surface area contributed by atoms with Crippen LogP contribution < -0.4 is 4.74 Å². The van der Waals surface area contributed by atoms with Crippen molar-refractivity contribution in [1.29, 1.82) is 0 Å². The molecule has 0 bridgehead atoms. The maximum atomic E-state index is 9.13. The summed E-state index contributed by atoms with van der Waals surface area (Å²) in [6, 6.07) is 6.11. The van der Waals surface area contributed by atoms with E-state index in [-0.39, 0.29) is 6.61 Å². The average Bonchev–Trinajstić information content (AvgIpc) is 2.79. The van der Waals surface area contributed by atoms with E-state index in [0.717, 1.165) is 33.3 Å². The van der Waals surface area contributed by atoms with Crippen molar-refractivity contribution in [2.24, 2.45) is 0 Å². The Balaban J connectivity index is 2.47. The molecule has 0 aliphatic rings. The zero-order valence-corrected chi connectivity index (χ0v) is 11.7. The van der Waals surface area contributed by atoms with Gasteiger partial charge in [-0.25, -0.2) is 4.98 Å². The van der Waals surface area contributed by atoms with Gasteiger partial charge < -0.3 is 9.84 Å². The fraction of sp³-hybridized carbons (Fsp3) is 0.357. The number of nitrogens with zero attached hydrogens (tertiary/aromatic N) is 1. The van der Waals surface area contributed by atoms with E-state index in [1.54, 1.807) is 18.4 Å². The molecule has 96 valence electrons. The number of benzene rings is 1. The molecule has 1 heterocycles. The Bertz CT molecular complexity index is 549. The molecule has 0 saturated heterocycles. The molecule has 3 nitrogen and oxygen atoms in total. The standard InChI is InChI=1S/C14H17NO2S/c1-4-10-7-11(5-6-12(10)17-3)14-9(2)18-13(8-16)15-14/h5-7,16H,4,8H2,1-3H3. The number of rotatable bonds is 4. The Hall–Kier alpha value is -1.39. The smallest absolute Gasteiger partial charge is 0.122 e. The molecule has 0 spiro atoms. The maximum Gasteiger partial charge on any atom is 0.122 e. The van der Waals surface area contributed by atoms with E-state index in [2.05, 4.69) is 18.0 Å². The molecule has 18 heavy (non-hydrogen) atoms. The lowest BCUT2D eigenvalue weighted by Crippen LogP contribution is -1.92. The van der Waals surface area contributed by atoms with E-state index in [1.165, 1.54) is 5.56 Å². The molecular weight excluding hydrogens is 246 g/mol. The van der Waals surface area contributed by atoms with Crippen LogP contribution in [0, 0.1) is 6.92 Å². The van der Waals surface area contributed by atoms with Crippen molar-refractivity contribution in [3.63, 3.8) is 0 Å². The van der Waals surface area contributed by atoms with Gasteiger partial charge in [0.2, 0.25) is 0 Å². The fourth-order valence-electron chi connectivity index (χ4n) is 1.99. The molecule has 0 fully saturated rings. The van der Waals surface area contributed by atoms with Crippen molar-refractivity contribution < 1.29 is 9.84 Å². The van der Waals surface area contributed by atoms with E-state index >= 15 is 0 Å². The van der Waals surface area contributed by atoms with Crippen LogP contribution in [0.2, 0.25) is 0 Å². The van der Waals surface area contributed by atoms with Gasteiger partial charge in [0.15, 0.2) is 0 Å². The molecule has 2 aromatic rings. The minimum atomic E-state index is 0.00228. The Morgan fingerprint density at radius 2 is 2.17 bits per heavy atom. The van der Waals surface area contributed by atoms with E-state index < -0.39 is 0 Å². The number of aryl methyl sites for hydroxylation is 2. The third-order valence-corrected chi connectivity index (χ3v) is 3.87. The second-order valence-electron chi connectivity index (χ2n) is 4.05. The number of hydrogen-bond acceptors (Lipinski definition) is 4. The highest BCUT2D eigenvalue weighted by atomic mass is 32.1. The molecule has 0 radical (unpaired) electrons. The normalized spacial score (nSPS) is 10.7. The van der Waals surface area contributed by atoms with E-state index in [9.17, 15) is 0 Å². The maximum absolute atomic E-state index is 9.13. The molecule has 0 amide bonds. The minimum Gasteiger partial charge on any atom is -0.496 e. The van der Waals surface area contributed by atoms with Gasteiger partial charge in [-0.15, -0.1) is 11.3 Å². The summed E-state index contributed by atoms with van der Waals surface area (Å²) in [5.41, 5.74) is 3.22. The number of aliphatic hydroxyl groups excluding tert-OH is 1. The molecular formula is C14H17NO2S. The van der Waals surface area contributed by atoms with Crippen LogP contribution >= 0.6 is 11.3 Å². The number of hydrogen-bond donors (Lipinski definition) is 1. The Kier molecular flexibility index (Phi) is 3.99. The van der Waals surface area contributed by atoms with Gasteiger partial charge in [-0.05, 0) is 37.1 Å². The van der Waals surface area contributed by atoms with Gasteiger partial charge >= 0.3 is 0 Å². The molecule has 1 aromatic carbocycles. The topological polar surface area (TPSA) is 42.4 Å². The quantitative estimate of drug-likeness (QED) is 0.921. The van der Waals surface area contributed by atoms with Crippen LogP contribution in [0.1, 0.15) is 22.4 Å². The Morgan fingerprint density at radius 3 is 2.72 bits per heavy atom. The number of ether oxygens (including phenoxy) is 1. The van der Waals surface area contributed by atoms with Crippen LogP contribution in [-0.2, 0) is 13.0 Å². The number of aromatic nitrogens is 1. The van der Waals surface area contributed by atoms with Crippen LogP contribution in [0.25, 0.3) is 11.3 Å². The Morgan fingerprint density at radius 1 is 1.39 bits per heavy atom. The van der Waals surface area contributed by atoms with Gasteiger partial charge in [0.25, 0.3) is 0 Å². The van der Waals surface area contributed by atoms with Crippen molar-refractivity contribution in [2.45, 2.75) is 26.9 Å². The molecule has 2 rings (SSSR count). The van der Waals surface area contributed by atoms with Crippen LogP contribution in [0.4, 0.5) is 0 Å². The van der Waals surface area contributed by atoms with Crippen LogP contribution in [-0.4, -0.2) is 17.2 Å². The molecule has 0 aliphatic heterocycles. The minimum absolute atomic E-state index is 0.00228. The lowest BCUT2D eigenvalue weighted by molar-refractivity contribution is 0.281. The molecule has 0 unspecified atom stereocenters. The average molecular weight is 263 g/mol. The Labute approximate surface area is 111 Å². The first-order valence-electron chi connectivity index (χ1n) is 5.94. The molecule has 4 heteroatoms. The zero-order valence-electron chi connectivity index (χ0n) is 10.9.